The molecule has 0 saturated carbocycles. The second-order valence-electron chi connectivity index (χ2n) is 5.75. The molecule has 4 rings (SSSR count). The van der Waals surface area contributed by atoms with E-state index < -0.39 is 0 Å². The summed E-state index contributed by atoms with van der Waals surface area (Å²) in [7, 11) is 0. The lowest BCUT2D eigenvalue weighted by Crippen LogP contribution is -1.95. The summed E-state index contributed by atoms with van der Waals surface area (Å²) in [5, 5.41) is 1.12. The highest BCUT2D eigenvalue weighted by Gasteiger charge is 2.15. The molecule has 4 aromatic rings. The van der Waals surface area contributed by atoms with Crippen LogP contribution in [-0.4, -0.2) is 0 Å². The van der Waals surface area contributed by atoms with E-state index in [1.165, 1.54) is 5.56 Å². The summed E-state index contributed by atoms with van der Waals surface area (Å²) in [4.78, 5) is 0. The van der Waals surface area contributed by atoms with Gasteiger partial charge in [-0.05, 0) is 11.6 Å². The molecule has 0 atom stereocenters. The molecule has 0 aliphatic carbocycles. The first-order valence-electron chi connectivity index (χ1n) is 8.09. The summed E-state index contributed by atoms with van der Waals surface area (Å²) >= 11 is 0. The Kier molecular flexibility index (Phi) is 4.13. The Morgan fingerprint density at radius 3 is 2.12 bits per heavy atom. The average molecular weight is 314 g/mol. The van der Waals surface area contributed by atoms with Gasteiger partial charge in [0.1, 0.15) is 11.3 Å². The maximum Gasteiger partial charge on any atom is 0.140 e. The van der Waals surface area contributed by atoms with Gasteiger partial charge in [-0.2, -0.15) is 0 Å². The summed E-state index contributed by atoms with van der Waals surface area (Å²) < 4.78 is 12.1. The van der Waals surface area contributed by atoms with E-state index in [4.69, 9.17) is 9.15 Å². The van der Waals surface area contributed by atoms with Crippen LogP contribution in [0.4, 0.5) is 0 Å². The normalized spacial score (nSPS) is 11.0. The number of hydrogen-bond donors (Lipinski definition) is 0. The molecule has 1 aromatic heterocycles. The highest BCUT2D eigenvalue weighted by Crippen LogP contribution is 2.34. The minimum Gasteiger partial charge on any atom is -0.456 e. The molecule has 0 N–H and O–H groups in total. The third kappa shape index (κ3) is 2.97. The van der Waals surface area contributed by atoms with E-state index in [1.807, 2.05) is 54.6 Å². The lowest BCUT2D eigenvalue weighted by atomic mass is 10.1. The monoisotopic (exact) mass is 314 g/mol. The Morgan fingerprint density at radius 2 is 1.33 bits per heavy atom. The van der Waals surface area contributed by atoms with Gasteiger partial charge in [-0.3, -0.25) is 0 Å². The average Bonchev–Trinajstić information content (AvgIpc) is 3.02. The highest BCUT2D eigenvalue weighted by molar-refractivity contribution is 5.87. The van der Waals surface area contributed by atoms with Crippen molar-refractivity contribution in [2.45, 2.75) is 13.2 Å². The van der Waals surface area contributed by atoms with Crippen LogP contribution in [0.2, 0.25) is 0 Å². The fourth-order valence-corrected chi connectivity index (χ4v) is 2.91. The van der Waals surface area contributed by atoms with Crippen LogP contribution in [-0.2, 0) is 18.0 Å². The zero-order valence-electron chi connectivity index (χ0n) is 13.3. The van der Waals surface area contributed by atoms with Crippen LogP contribution in [0.15, 0.2) is 89.3 Å². The van der Waals surface area contributed by atoms with Gasteiger partial charge in [0.15, 0.2) is 0 Å². The van der Waals surface area contributed by atoms with Gasteiger partial charge < -0.3 is 9.15 Å². The van der Waals surface area contributed by atoms with Crippen molar-refractivity contribution in [1.29, 1.82) is 0 Å². The van der Waals surface area contributed by atoms with Crippen molar-refractivity contribution in [3.63, 3.8) is 0 Å². The fraction of sp³-hybridized carbons (Fsp3) is 0.0909. The van der Waals surface area contributed by atoms with Crippen molar-refractivity contribution in [2.75, 3.05) is 0 Å². The van der Waals surface area contributed by atoms with Crippen LogP contribution in [0.5, 0.6) is 0 Å². The van der Waals surface area contributed by atoms with E-state index in [0.717, 1.165) is 27.9 Å². The lowest BCUT2D eigenvalue weighted by Gasteiger charge is -2.06. The molecule has 2 heteroatoms. The van der Waals surface area contributed by atoms with Gasteiger partial charge in [0.25, 0.3) is 0 Å². The first-order chi connectivity index (χ1) is 11.9. The van der Waals surface area contributed by atoms with Crippen molar-refractivity contribution in [3.8, 4) is 11.3 Å². The Bertz CT molecular complexity index is 924. The third-order valence-electron chi connectivity index (χ3n) is 4.09. The molecule has 0 spiro atoms. The number of fused-ring (bicyclic) bond motifs is 1. The largest absolute Gasteiger partial charge is 0.456 e. The van der Waals surface area contributed by atoms with Gasteiger partial charge in [0.05, 0.1) is 13.2 Å². The number of benzene rings is 3. The molecule has 0 aliphatic heterocycles. The minimum atomic E-state index is 0.524. The zero-order chi connectivity index (χ0) is 16.2. The number of hydrogen-bond acceptors (Lipinski definition) is 2. The van der Waals surface area contributed by atoms with Crippen molar-refractivity contribution in [1.82, 2.24) is 0 Å². The minimum absolute atomic E-state index is 0.524. The van der Waals surface area contributed by atoms with Gasteiger partial charge in [0, 0.05) is 16.5 Å². The number of ether oxygens (including phenoxy) is 1. The first kappa shape index (κ1) is 14.7. The van der Waals surface area contributed by atoms with Crippen molar-refractivity contribution < 1.29 is 9.15 Å². The first-order valence-corrected chi connectivity index (χ1v) is 8.09. The zero-order valence-corrected chi connectivity index (χ0v) is 13.3. The second-order valence-corrected chi connectivity index (χ2v) is 5.75. The van der Waals surface area contributed by atoms with E-state index in [1.54, 1.807) is 0 Å². The van der Waals surface area contributed by atoms with Crippen LogP contribution in [0, 0.1) is 0 Å². The quantitative estimate of drug-likeness (QED) is 0.463. The van der Waals surface area contributed by atoms with Crippen LogP contribution in [0.3, 0.4) is 0 Å². The second kappa shape index (κ2) is 6.73. The maximum atomic E-state index is 6.11. The van der Waals surface area contributed by atoms with Gasteiger partial charge in [-0.15, -0.1) is 0 Å². The summed E-state index contributed by atoms with van der Waals surface area (Å²) in [6, 6.07) is 28.5. The molecule has 1 heterocycles. The topological polar surface area (TPSA) is 22.4 Å². The summed E-state index contributed by atoms with van der Waals surface area (Å²) in [5.41, 5.74) is 4.25. The number of rotatable bonds is 5. The molecule has 118 valence electrons. The van der Waals surface area contributed by atoms with Gasteiger partial charge in [0.2, 0.25) is 0 Å². The molecule has 0 radical (unpaired) electrons. The lowest BCUT2D eigenvalue weighted by molar-refractivity contribution is 0.108. The molecule has 24 heavy (non-hydrogen) atoms. The van der Waals surface area contributed by atoms with E-state index in [2.05, 4.69) is 30.3 Å². The Hall–Kier alpha value is -2.84. The van der Waals surface area contributed by atoms with Crippen molar-refractivity contribution in [3.05, 3.63) is 96.1 Å². The van der Waals surface area contributed by atoms with Gasteiger partial charge in [-0.25, -0.2) is 0 Å². The third-order valence-corrected chi connectivity index (χ3v) is 4.09. The predicted molar refractivity (Wildman–Crippen MR) is 96.6 cm³/mol. The molecule has 0 unspecified atom stereocenters. The molecule has 0 fully saturated rings. The Morgan fingerprint density at radius 1 is 0.667 bits per heavy atom. The van der Waals surface area contributed by atoms with Crippen LogP contribution in [0.25, 0.3) is 22.3 Å². The van der Waals surface area contributed by atoms with Gasteiger partial charge >= 0.3 is 0 Å². The summed E-state index contributed by atoms with van der Waals surface area (Å²) in [6.07, 6.45) is 0. The van der Waals surface area contributed by atoms with Crippen molar-refractivity contribution >= 4 is 11.0 Å². The van der Waals surface area contributed by atoms with E-state index >= 15 is 0 Å². The van der Waals surface area contributed by atoms with E-state index in [0.29, 0.717) is 13.2 Å². The highest BCUT2D eigenvalue weighted by atomic mass is 16.5. The summed E-state index contributed by atoms with van der Waals surface area (Å²) in [6.45, 7) is 1.12. The molecule has 0 amide bonds. The predicted octanol–water partition coefficient (Wildman–Crippen LogP) is 5.82. The maximum absolute atomic E-state index is 6.11. The van der Waals surface area contributed by atoms with Crippen LogP contribution >= 0.6 is 0 Å². The van der Waals surface area contributed by atoms with E-state index in [-0.39, 0.29) is 0 Å². The molecule has 0 saturated heterocycles. The number of para-hydroxylation sites is 1. The molecular formula is C22H18O2. The van der Waals surface area contributed by atoms with Crippen molar-refractivity contribution in [2.24, 2.45) is 0 Å². The smallest absolute Gasteiger partial charge is 0.140 e. The molecule has 0 aliphatic rings. The Balaban J connectivity index is 1.65. The van der Waals surface area contributed by atoms with Crippen LogP contribution in [0.1, 0.15) is 11.1 Å². The van der Waals surface area contributed by atoms with Crippen LogP contribution < -0.4 is 0 Å². The number of furan rings is 1. The Labute approximate surface area is 141 Å². The molecule has 0 bridgehead atoms. The van der Waals surface area contributed by atoms with E-state index in [9.17, 15) is 0 Å². The molecular weight excluding hydrogens is 296 g/mol. The van der Waals surface area contributed by atoms with Gasteiger partial charge in [-0.1, -0.05) is 78.9 Å². The SMILES string of the molecule is c1ccc(COCc2c(-c3ccccc3)oc3ccccc23)cc1. The molecule has 3 aromatic carbocycles. The molecule has 2 nitrogen and oxygen atoms in total. The standard InChI is InChI=1S/C22H18O2/c1-3-9-17(10-4-1)15-23-16-20-19-13-7-8-14-21(19)24-22(20)18-11-5-2-6-12-18/h1-14H,15-16H2. The fourth-order valence-electron chi connectivity index (χ4n) is 2.91. The summed E-state index contributed by atoms with van der Waals surface area (Å²) in [5.74, 6) is 0.893.